The lowest BCUT2D eigenvalue weighted by Gasteiger charge is -2.06. The second-order valence-electron chi connectivity index (χ2n) is 3.35. The van der Waals surface area contributed by atoms with Crippen molar-refractivity contribution in [1.29, 1.82) is 0 Å². The quantitative estimate of drug-likeness (QED) is 0.800. The van der Waals surface area contributed by atoms with E-state index in [1.54, 1.807) is 6.20 Å². The van der Waals surface area contributed by atoms with E-state index in [2.05, 4.69) is 20.3 Å². The van der Waals surface area contributed by atoms with Crippen molar-refractivity contribution in [3.05, 3.63) is 47.9 Å². The van der Waals surface area contributed by atoms with Gasteiger partial charge in [0.2, 0.25) is 5.95 Å². The molecule has 0 aliphatic heterocycles. The molecule has 0 unspecified atom stereocenters. The van der Waals surface area contributed by atoms with Gasteiger partial charge in [0.05, 0.1) is 12.2 Å². The molecule has 0 radical (unpaired) electrons. The Hall–Kier alpha value is -2.04. The second-order valence-corrected chi connectivity index (χ2v) is 3.35. The van der Waals surface area contributed by atoms with Gasteiger partial charge < -0.3 is 5.32 Å². The Labute approximate surface area is 92.6 Å². The molecule has 0 spiro atoms. The van der Waals surface area contributed by atoms with Gasteiger partial charge in [0, 0.05) is 12.3 Å². The van der Waals surface area contributed by atoms with Crippen molar-refractivity contribution in [1.82, 2.24) is 15.0 Å². The first-order valence-corrected chi connectivity index (χ1v) is 4.87. The van der Waals surface area contributed by atoms with Crippen molar-refractivity contribution in [2.75, 3.05) is 5.32 Å². The first-order chi connectivity index (χ1) is 7.75. The standard InChI is InChI=1S/C11H11FN4/c1-8-3-2-4-13-9(8)6-14-11-5-10(12)15-7-16-11/h2-5,7H,6H2,1H3,(H,14,15,16). The summed E-state index contributed by atoms with van der Waals surface area (Å²) < 4.78 is 12.8. The van der Waals surface area contributed by atoms with Crippen molar-refractivity contribution in [2.24, 2.45) is 0 Å². The molecule has 1 N–H and O–H groups in total. The van der Waals surface area contributed by atoms with E-state index in [1.165, 1.54) is 12.4 Å². The predicted molar refractivity (Wildman–Crippen MR) is 58.3 cm³/mol. The van der Waals surface area contributed by atoms with E-state index < -0.39 is 5.95 Å². The molecule has 2 aromatic rings. The molecule has 2 heterocycles. The molecule has 0 aliphatic rings. The maximum atomic E-state index is 12.8. The van der Waals surface area contributed by atoms with Gasteiger partial charge in [-0.15, -0.1) is 0 Å². The van der Waals surface area contributed by atoms with E-state index in [-0.39, 0.29) is 0 Å². The zero-order chi connectivity index (χ0) is 11.4. The van der Waals surface area contributed by atoms with Crippen LogP contribution < -0.4 is 5.32 Å². The van der Waals surface area contributed by atoms with Crippen LogP contribution in [-0.4, -0.2) is 15.0 Å². The van der Waals surface area contributed by atoms with Gasteiger partial charge in [-0.2, -0.15) is 4.39 Å². The third-order valence-electron chi connectivity index (χ3n) is 2.19. The summed E-state index contributed by atoms with van der Waals surface area (Å²) in [6.07, 6.45) is 2.91. The average molecular weight is 218 g/mol. The van der Waals surface area contributed by atoms with Crippen molar-refractivity contribution >= 4 is 5.82 Å². The molecule has 82 valence electrons. The fourth-order valence-corrected chi connectivity index (χ4v) is 1.31. The van der Waals surface area contributed by atoms with E-state index in [0.29, 0.717) is 12.4 Å². The minimum absolute atomic E-state index is 0.456. The van der Waals surface area contributed by atoms with Gasteiger partial charge in [-0.05, 0) is 18.6 Å². The number of aromatic nitrogens is 3. The number of pyridine rings is 1. The number of nitrogens with one attached hydrogen (secondary N) is 1. The maximum Gasteiger partial charge on any atom is 0.217 e. The number of hydrogen-bond donors (Lipinski definition) is 1. The summed E-state index contributed by atoms with van der Waals surface area (Å²) >= 11 is 0. The van der Waals surface area contributed by atoms with Crippen LogP contribution in [0.15, 0.2) is 30.7 Å². The number of rotatable bonds is 3. The molecular weight excluding hydrogens is 207 g/mol. The summed E-state index contributed by atoms with van der Waals surface area (Å²) in [5.41, 5.74) is 2.01. The minimum atomic E-state index is -0.546. The van der Waals surface area contributed by atoms with Gasteiger partial charge in [0.1, 0.15) is 12.1 Å². The lowest BCUT2D eigenvalue weighted by atomic mass is 10.2. The first-order valence-electron chi connectivity index (χ1n) is 4.87. The van der Waals surface area contributed by atoms with Crippen molar-refractivity contribution in [3.8, 4) is 0 Å². The Morgan fingerprint density at radius 1 is 1.31 bits per heavy atom. The van der Waals surface area contributed by atoms with Crippen LogP contribution in [0.2, 0.25) is 0 Å². The molecule has 0 aromatic carbocycles. The predicted octanol–water partition coefficient (Wildman–Crippen LogP) is 1.93. The molecule has 0 bridgehead atoms. The number of halogens is 1. The molecule has 0 amide bonds. The Balaban J connectivity index is 2.05. The molecule has 0 saturated carbocycles. The van der Waals surface area contributed by atoms with E-state index in [0.717, 1.165) is 11.3 Å². The van der Waals surface area contributed by atoms with Gasteiger partial charge >= 0.3 is 0 Å². The topological polar surface area (TPSA) is 50.7 Å². The van der Waals surface area contributed by atoms with Crippen LogP contribution in [-0.2, 0) is 6.54 Å². The number of nitrogens with zero attached hydrogens (tertiary/aromatic N) is 3. The van der Waals surface area contributed by atoms with Crippen molar-refractivity contribution in [3.63, 3.8) is 0 Å². The maximum absolute atomic E-state index is 12.8. The number of aryl methyl sites for hydroxylation is 1. The van der Waals surface area contributed by atoms with Gasteiger partial charge in [0.25, 0.3) is 0 Å². The molecule has 0 atom stereocenters. The fourth-order valence-electron chi connectivity index (χ4n) is 1.31. The fraction of sp³-hybridized carbons (Fsp3) is 0.182. The van der Waals surface area contributed by atoms with Crippen LogP contribution in [0.3, 0.4) is 0 Å². The summed E-state index contributed by atoms with van der Waals surface area (Å²) in [4.78, 5) is 11.5. The number of hydrogen-bond acceptors (Lipinski definition) is 4. The largest absolute Gasteiger partial charge is 0.364 e. The molecule has 16 heavy (non-hydrogen) atoms. The van der Waals surface area contributed by atoms with Crippen LogP contribution in [0.4, 0.5) is 10.2 Å². The van der Waals surface area contributed by atoms with E-state index in [9.17, 15) is 4.39 Å². The first kappa shape index (κ1) is 10.5. The monoisotopic (exact) mass is 218 g/mol. The molecule has 2 aromatic heterocycles. The zero-order valence-corrected chi connectivity index (χ0v) is 8.81. The van der Waals surface area contributed by atoms with Gasteiger partial charge in [0.15, 0.2) is 0 Å². The van der Waals surface area contributed by atoms with Crippen molar-refractivity contribution in [2.45, 2.75) is 13.5 Å². The highest BCUT2D eigenvalue weighted by atomic mass is 19.1. The van der Waals surface area contributed by atoms with E-state index in [4.69, 9.17) is 0 Å². The minimum Gasteiger partial charge on any atom is -0.364 e. The SMILES string of the molecule is Cc1cccnc1CNc1cc(F)ncn1. The lowest BCUT2D eigenvalue weighted by molar-refractivity contribution is 0.580. The summed E-state index contributed by atoms with van der Waals surface area (Å²) in [6, 6.07) is 5.10. The van der Waals surface area contributed by atoms with Crippen LogP contribution >= 0.6 is 0 Å². The van der Waals surface area contributed by atoms with Crippen LogP contribution in [0.25, 0.3) is 0 Å². The average Bonchev–Trinajstić information content (AvgIpc) is 2.28. The van der Waals surface area contributed by atoms with Crippen molar-refractivity contribution < 1.29 is 4.39 Å². The summed E-state index contributed by atoms with van der Waals surface area (Å²) in [6.45, 7) is 2.49. The Morgan fingerprint density at radius 3 is 2.94 bits per heavy atom. The van der Waals surface area contributed by atoms with Crippen LogP contribution in [0.5, 0.6) is 0 Å². The highest BCUT2D eigenvalue weighted by Gasteiger charge is 2.00. The summed E-state index contributed by atoms with van der Waals surface area (Å²) in [5.74, 6) is -0.0900. The lowest BCUT2D eigenvalue weighted by Crippen LogP contribution is -2.05. The van der Waals surface area contributed by atoms with E-state index >= 15 is 0 Å². The molecule has 0 aliphatic carbocycles. The molecule has 4 nitrogen and oxygen atoms in total. The highest BCUT2D eigenvalue weighted by molar-refractivity contribution is 5.33. The van der Waals surface area contributed by atoms with E-state index in [1.807, 2.05) is 19.1 Å². The van der Waals surface area contributed by atoms with Gasteiger partial charge in [-0.3, -0.25) is 4.98 Å². The Bertz CT molecular complexity index is 487. The van der Waals surface area contributed by atoms with Crippen LogP contribution in [0, 0.1) is 12.9 Å². The highest BCUT2D eigenvalue weighted by Crippen LogP contribution is 2.07. The Kier molecular flexibility index (Phi) is 3.05. The Morgan fingerprint density at radius 2 is 2.19 bits per heavy atom. The molecule has 2 rings (SSSR count). The second kappa shape index (κ2) is 4.65. The van der Waals surface area contributed by atoms with Crippen LogP contribution in [0.1, 0.15) is 11.3 Å². The smallest absolute Gasteiger partial charge is 0.217 e. The third kappa shape index (κ3) is 2.50. The summed E-state index contributed by atoms with van der Waals surface area (Å²) in [5, 5.41) is 2.99. The number of anilines is 1. The van der Waals surface area contributed by atoms with Gasteiger partial charge in [-0.1, -0.05) is 6.07 Å². The zero-order valence-electron chi connectivity index (χ0n) is 8.81. The third-order valence-corrected chi connectivity index (χ3v) is 2.19. The normalized spacial score (nSPS) is 10.1. The van der Waals surface area contributed by atoms with Gasteiger partial charge in [-0.25, -0.2) is 9.97 Å². The molecular formula is C11H11FN4. The molecule has 0 saturated heterocycles. The summed E-state index contributed by atoms with van der Waals surface area (Å²) in [7, 11) is 0. The molecule has 5 heteroatoms. The molecule has 0 fully saturated rings.